The number of hydrogen-bond acceptors (Lipinski definition) is 3. The molecular weight excluding hydrogens is 256 g/mol. The van der Waals surface area contributed by atoms with Crippen molar-refractivity contribution in [3.63, 3.8) is 0 Å². The van der Waals surface area contributed by atoms with Gasteiger partial charge in [-0.15, -0.1) is 0 Å². The summed E-state index contributed by atoms with van der Waals surface area (Å²) >= 11 is 0. The topological polar surface area (TPSA) is 76.0 Å². The molecule has 2 aromatic rings. The molecule has 20 heavy (non-hydrogen) atoms. The predicted octanol–water partition coefficient (Wildman–Crippen LogP) is 3.50. The average molecular weight is 272 g/mol. The molecular formula is C15H16N2O3. The van der Waals surface area contributed by atoms with Crippen molar-refractivity contribution in [2.75, 3.05) is 0 Å². The quantitative estimate of drug-likeness (QED) is 0.496. The number of hydrogen-bond donors (Lipinski definition) is 1. The van der Waals surface area contributed by atoms with E-state index in [-0.39, 0.29) is 11.5 Å². The van der Waals surface area contributed by atoms with E-state index >= 15 is 0 Å². The van der Waals surface area contributed by atoms with Crippen LogP contribution in [0.5, 0.6) is 0 Å². The lowest BCUT2D eigenvalue weighted by Crippen LogP contribution is -2.05. The number of nitro benzene ring substituents is 1. The van der Waals surface area contributed by atoms with Crippen molar-refractivity contribution in [1.29, 1.82) is 0 Å². The van der Waals surface area contributed by atoms with Gasteiger partial charge in [0.05, 0.1) is 10.6 Å². The molecule has 0 spiro atoms. The van der Waals surface area contributed by atoms with Gasteiger partial charge in [0.1, 0.15) is 0 Å². The van der Waals surface area contributed by atoms with Gasteiger partial charge in [0.25, 0.3) is 5.69 Å². The second-order valence-corrected chi connectivity index (χ2v) is 4.62. The van der Waals surface area contributed by atoms with Gasteiger partial charge in [-0.3, -0.25) is 14.9 Å². The molecule has 1 aromatic carbocycles. The highest BCUT2D eigenvalue weighted by Gasteiger charge is 2.17. The zero-order valence-corrected chi connectivity index (χ0v) is 11.3. The van der Waals surface area contributed by atoms with Crippen LogP contribution < -0.4 is 0 Å². The van der Waals surface area contributed by atoms with Gasteiger partial charge in [0, 0.05) is 23.9 Å². The number of aromatic amines is 1. The number of nitro groups is 1. The number of non-ortho nitro benzene ring substituents is 1. The van der Waals surface area contributed by atoms with Gasteiger partial charge in [-0.1, -0.05) is 25.5 Å². The number of ketones is 1. The standard InChI is InChI=1S/C15H16N2O3/c1-2-3-5-11-8-9-16-14(11)15(18)12-6-4-7-13(10-12)17(19)20/h4,6-10,16H,2-3,5H2,1H3. The first-order valence-corrected chi connectivity index (χ1v) is 6.59. The van der Waals surface area contributed by atoms with Crippen molar-refractivity contribution >= 4 is 11.5 Å². The molecule has 0 atom stereocenters. The molecule has 1 N–H and O–H groups in total. The van der Waals surface area contributed by atoms with Gasteiger partial charge >= 0.3 is 0 Å². The summed E-state index contributed by atoms with van der Waals surface area (Å²) < 4.78 is 0. The molecule has 0 aliphatic heterocycles. The molecule has 5 nitrogen and oxygen atoms in total. The number of benzene rings is 1. The summed E-state index contributed by atoms with van der Waals surface area (Å²) in [6.07, 6.45) is 4.62. The maximum absolute atomic E-state index is 12.4. The Hall–Kier alpha value is -2.43. The van der Waals surface area contributed by atoms with Crippen LogP contribution in [-0.4, -0.2) is 15.7 Å². The maximum atomic E-state index is 12.4. The third-order valence-corrected chi connectivity index (χ3v) is 3.18. The number of unbranched alkanes of at least 4 members (excludes halogenated alkanes) is 1. The highest BCUT2D eigenvalue weighted by Crippen LogP contribution is 2.19. The first-order valence-electron chi connectivity index (χ1n) is 6.59. The van der Waals surface area contributed by atoms with Crippen LogP contribution >= 0.6 is 0 Å². The van der Waals surface area contributed by atoms with Gasteiger partial charge in [0.2, 0.25) is 5.78 Å². The zero-order chi connectivity index (χ0) is 14.5. The number of nitrogens with zero attached hydrogens (tertiary/aromatic N) is 1. The molecule has 0 unspecified atom stereocenters. The molecule has 0 fully saturated rings. The average Bonchev–Trinajstić information content (AvgIpc) is 2.92. The molecule has 0 aliphatic carbocycles. The summed E-state index contributed by atoms with van der Waals surface area (Å²) in [5, 5.41) is 10.8. The van der Waals surface area contributed by atoms with E-state index in [1.165, 1.54) is 18.2 Å². The predicted molar refractivity (Wildman–Crippen MR) is 75.9 cm³/mol. The van der Waals surface area contributed by atoms with Crippen molar-refractivity contribution in [3.05, 3.63) is 63.5 Å². The molecule has 1 aromatic heterocycles. The monoisotopic (exact) mass is 272 g/mol. The fourth-order valence-corrected chi connectivity index (χ4v) is 2.09. The van der Waals surface area contributed by atoms with Crippen LogP contribution in [0.3, 0.4) is 0 Å². The third-order valence-electron chi connectivity index (χ3n) is 3.18. The van der Waals surface area contributed by atoms with E-state index in [1.54, 1.807) is 12.3 Å². The molecule has 1 heterocycles. The van der Waals surface area contributed by atoms with Crippen LogP contribution in [0.2, 0.25) is 0 Å². The zero-order valence-electron chi connectivity index (χ0n) is 11.3. The van der Waals surface area contributed by atoms with Crippen LogP contribution in [0.25, 0.3) is 0 Å². The van der Waals surface area contributed by atoms with Crippen LogP contribution in [0.15, 0.2) is 36.5 Å². The maximum Gasteiger partial charge on any atom is 0.270 e. The van der Waals surface area contributed by atoms with Gasteiger partial charge in [-0.05, 0) is 24.5 Å². The van der Waals surface area contributed by atoms with Gasteiger partial charge in [-0.25, -0.2) is 0 Å². The van der Waals surface area contributed by atoms with Crippen molar-refractivity contribution in [2.24, 2.45) is 0 Å². The summed E-state index contributed by atoms with van der Waals surface area (Å²) in [5.74, 6) is -0.204. The van der Waals surface area contributed by atoms with E-state index in [4.69, 9.17) is 0 Å². The van der Waals surface area contributed by atoms with E-state index < -0.39 is 4.92 Å². The Morgan fingerprint density at radius 2 is 2.15 bits per heavy atom. The number of carbonyl (C=O) groups is 1. The fraction of sp³-hybridized carbons (Fsp3) is 0.267. The minimum Gasteiger partial charge on any atom is -0.358 e. The summed E-state index contributed by atoms with van der Waals surface area (Å²) in [4.78, 5) is 25.6. The largest absolute Gasteiger partial charge is 0.358 e. The highest BCUT2D eigenvalue weighted by molar-refractivity contribution is 6.09. The van der Waals surface area contributed by atoms with Crippen molar-refractivity contribution in [2.45, 2.75) is 26.2 Å². The van der Waals surface area contributed by atoms with Gasteiger partial charge < -0.3 is 4.98 Å². The Kier molecular flexibility index (Phi) is 4.30. The Labute approximate surface area is 116 Å². The van der Waals surface area contributed by atoms with E-state index in [0.29, 0.717) is 11.3 Å². The fourth-order valence-electron chi connectivity index (χ4n) is 2.09. The minimum atomic E-state index is -0.497. The molecule has 0 saturated carbocycles. The van der Waals surface area contributed by atoms with Gasteiger partial charge in [-0.2, -0.15) is 0 Å². The second kappa shape index (κ2) is 6.14. The molecule has 0 aliphatic rings. The lowest BCUT2D eigenvalue weighted by Gasteiger charge is -2.03. The molecule has 104 valence electrons. The van der Waals surface area contributed by atoms with Crippen molar-refractivity contribution in [1.82, 2.24) is 4.98 Å². The third kappa shape index (κ3) is 2.93. The first kappa shape index (κ1) is 14.0. The summed E-state index contributed by atoms with van der Waals surface area (Å²) in [6.45, 7) is 2.09. The molecule has 0 saturated heterocycles. The van der Waals surface area contributed by atoms with Crippen LogP contribution in [0.4, 0.5) is 5.69 Å². The second-order valence-electron chi connectivity index (χ2n) is 4.62. The van der Waals surface area contributed by atoms with Gasteiger partial charge in [0.15, 0.2) is 0 Å². The van der Waals surface area contributed by atoms with E-state index in [2.05, 4.69) is 11.9 Å². The van der Waals surface area contributed by atoms with Crippen LogP contribution in [-0.2, 0) is 6.42 Å². The smallest absolute Gasteiger partial charge is 0.270 e. The number of aromatic nitrogens is 1. The Morgan fingerprint density at radius 1 is 1.35 bits per heavy atom. The number of aryl methyl sites for hydroxylation is 1. The first-order chi connectivity index (χ1) is 9.63. The van der Waals surface area contributed by atoms with Crippen molar-refractivity contribution in [3.8, 4) is 0 Å². The molecule has 0 radical (unpaired) electrons. The minimum absolute atomic E-state index is 0.0717. The lowest BCUT2D eigenvalue weighted by atomic mass is 10.0. The highest BCUT2D eigenvalue weighted by atomic mass is 16.6. The number of H-pyrrole nitrogens is 1. The molecule has 0 bridgehead atoms. The Balaban J connectivity index is 2.29. The summed E-state index contributed by atoms with van der Waals surface area (Å²) in [6, 6.07) is 7.70. The van der Waals surface area contributed by atoms with E-state index in [9.17, 15) is 14.9 Å². The normalized spacial score (nSPS) is 10.4. The summed E-state index contributed by atoms with van der Waals surface area (Å²) in [5.41, 5.74) is 1.75. The van der Waals surface area contributed by atoms with E-state index in [1.807, 2.05) is 6.07 Å². The number of nitrogens with one attached hydrogen (secondary N) is 1. The molecule has 2 rings (SSSR count). The SMILES string of the molecule is CCCCc1cc[nH]c1C(=O)c1cccc([N+](=O)[O-])c1. The number of carbonyl (C=O) groups excluding carboxylic acids is 1. The lowest BCUT2D eigenvalue weighted by molar-refractivity contribution is -0.384. The van der Waals surface area contributed by atoms with E-state index in [0.717, 1.165) is 24.8 Å². The van der Waals surface area contributed by atoms with Crippen LogP contribution in [0, 0.1) is 10.1 Å². The Bertz CT molecular complexity index is 632. The van der Waals surface area contributed by atoms with Crippen LogP contribution in [0.1, 0.15) is 41.4 Å². The molecule has 5 heteroatoms. The van der Waals surface area contributed by atoms with Crippen molar-refractivity contribution < 1.29 is 9.72 Å². The molecule has 0 amide bonds. The Morgan fingerprint density at radius 3 is 2.85 bits per heavy atom. The number of rotatable bonds is 6. The summed E-state index contributed by atoms with van der Waals surface area (Å²) in [7, 11) is 0.